The lowest BCUT2D eigenvalue weighted by Crippen LogP contribution is -2.37. The van der Waals surface area contributed by atoms with Gasteiger partial charge < -0.3 is 11.1 Å². The van der Waals surface area contributed by atoms with E-state index in [4.69, 9.17) is 5.73 Å². The molecular weight excluding hydrogens is 238 g/mol. The Bertz CT molecular complexity index is 405. The molecule has 0 aromatic heterocycles. The van der Waals surface area contributed by atoms with E-state index in [0.717, 1.165) is 25.1 Å². The summed E-state index contributed by atoms with van der Waals surface area (Å²) in [6, 6.07) is 10.2. The van der Waals surface area contributed by atoms with Gasteiger partial charge in [0.2, 0.25) is 5.91 Å². The molecule has 3 N–H and O–H groups in total. The number of nitrogens with one attached hydrogen (secondary N) is 1. The molecule has 2 unspecified atom stereocenters. The Morgan fingerprint density at radius 3 is 2.84 bits per heavy atom. The summed E-state index contributed by atoms with van der Waals surface area (Å²) in [6.45, 7) is 5.05. The molecule has 1 heterocycles. The Balaban J connectivity index is 1.71. The lowest BCUT2D eigenvalue weighted by atomic mass is 10.0. The highest BCUT2D eigenvalue weighted by atomic mass is 16.2. The summed E-state index contributed by atoms with van der Waals surface area (Å²) in [5.41, 5.74) is 7.03. The van der Waals surface area contributed by atoms with Crippen molar-refractivity contribution in [2.75, 3.05) is 19.6 Å². The number of likely N-dealkylation sites (tertiary alicyclic amines) is 1. The molecule has 1 aliphatic rings. The van der Waals surface area contributed by atoms with Gasteiger partial charge in [0.15, 0.2) is 0 Å². The smallest absolute Gasteiger partial charge is 0.234 e. The predicted molar refractivity (Wildman–Crippen MR) is 76.5 cm³/mol. The van der Waals surface area contributed by atoms with Gasteiger partial charge in [0.1, 0.15) is 0 Å². The Morgan fingerprint density at radius 2 is 2.21 bits per heavy atom. The van der Waals surface area contributed by atoms with Gasteiger partial charge in [0.25, 0.3) is 0 Å². The van der Waals surface area contributed by atoms with Crippen molar-refractivity contribution in [1.82, 2.24) is 10.2 Å². The second-order valence-electron chi connectivity index (χ2n) is 5.41. The number of hydrogen-bond acceptors (Lipinski definition) is 3. The van der Waals surface area contributed by atoms with Crippen LogP contribution >= 0.6 is 0 Å². The maximum atomic E-state index is 11.9. The maximum Gasteiger partial charge on any atom is 0.234 e. The molecule has 1 aliphatic heterocycles. The van der Waals surface area contributed by atoms with Gasteiger partial charge >= 0.3 is 0 Å². The fraction of sp³-hybridized carbons (Fsp3) is 0.533. The molecule has 19 heavy (non-hydrogen) atoms. The number of amides is 1. The van der Waals surface area contributed by atoms with Crippen LogP contribution < -0.4 is 11.1 Å². The monoisotopic (exact) mass is 261 g/mol. The van der Waals surface area contributed by atoms with Crippen LogP contribution in [-0.2, 0) is 11.3 Å². The fourth-order valence-electron chi connectivity index (χ4n) is 2.49. The Kier molecular flexibility index (Phi) is 4.93. The molecule has 104 valence electrons. The minimum Gasteiger partial charge on any atom is -0.351 e. The quantitative estimate of drug-likeness (QED) is 0.830. The first-order valence-electron chi connectivity index (χ1n) is 6.93. The largest absolute Gasteiger partial charge is 0.351 e. The zero-order chi connectivity index (χ0) is 13.7. The van der Waals surface area contributed by atoms with Crippen molar-refractivity contribution >= 4 is 5.91 Å². The van der Waals surface area contributed by atoms with Gasteiger partial charge in [-0.1, -0.05) is 30.3 Å². The van der Waals surface area contributed by atoms with Crippen LogP contribution in [0.4, 0.5) is 0 Å². The van der Waals surface area contributed by atoms with Crippen molar-refractivity contribution in [3.8, 4) is 0 Å². The van der Waals surface area contributed by atoms with Crippen molar-refractivity contribution < 1.29 is 4.79 Å². The summed E-state index contributed by atoms with van der Waals surface area (Å²) in [6.07, 6.45) is 1.10. The maximum absolute atomic E-state index is 11.9. The highest BCUT2D eigenvalue weighted by Gasteiger charge is 2.26. The number of nitrogens with zero attached hydrogens (tertiary/aromatic N) is 1. The number of hydrogen-bond donors (Lipinski definition) is 2. The fourth-order valence-corrected chi connectivity index (χ4v) is 2.49. The van der Waals surface area contributed by atoms with Gasteiger partial charge in [0, 0.05) is 19.1 Å². The third-order valence-electron chi connectivity index (χ3n) is 3.75. The van der Waals surface area contributed by atoms with Crippen LogP contribution in [0.2, 0.25) is 0 Å². The lowest BCUT2D eigenvalue weighted by molar-refractivity contribution is -0.122. The minimum absolute atomic E-state index is 0.0918. The van der Waals surface area contributed by atoms with E-state index >= 15 is 0 Å². The standard InChI is InChI=1S/C15H23N3O/c1-12(16)14-7-8-18(10-14)11-15(19)17-9-13-5-3-2-4-6-13/h2-6,12,14H,7-11,16H2,1H3,(H,17,19). The molecule has 0 radical (unpaired) electrons. The van der Waals surface area contributed by atoms with Crippen LogP contribution in [0.15, 0.2) is 30.3 Å². The molecule has 1 saturated heterocycles. The van der Waals surface area contributed by atoms with Gasteiger partial charge in [-0.05, 0) is 31.4 Å². The number of nitrogens with two attached hydrogens (primary N) is 1. The second kappa shape index (κ2) is 6.68. The normalized spacial score (nSPS) is 21.3. The van der Waals surface area contributed by atoms with Gasteiger partial charge in [-0.3, -0.25) is 9.69 Å². The molecular formula is C15H23N3O. The third kappa shape index (κ3) is 4.33. The van der Waals surface area contributed by atoms with Gasteiger partial charge in [-0.25, -0.2) is 0 Å². The first kappa shape index (κ1) is 14.0. The summed E-state index contributed by atoms with van der Waals surface area (Å²) in [5.74, 6) is 0.621. The van der Waals surface area contributed by atoms with E-state index in [1.54, 1.807) is 0 Å². The molecule has 2 rings (SSSR count). The molecule has 0 saturated carbocycles. The van der Waals surface area contributed by atoms with E-state index in [2.05, 4.69) is 10.2 Å². The van der Waals surface area contributed by atoms with Crippen LogP contribution in [0.5, 0.6) is 0 Å². The molecule has 1 aromatic rings. The first-order chi connectivity index (χ1) is 9.15. The second-order valence-corrected chi connectivity index (χ2v) is 5.41. The third-order valence-corrected chi connectivity index (χ3v) is 3.75. The molecule has 1 amide bonds. The van der Waals surface area contributed by atoms with Crippen LogP contribution in [0.25, 0.3) is 0 Å². The summed E-state index contributed by atoms with van der Waals surface area (Å²) >= 11 is 0. The molecule has 4 heteroatoms. The number of carbonyl (C=O) groups excluding carboxylic acids is 1. The number of rotatable bonds is 5. The van der Waals surface area contributed by atoms with E-state index in [0.29, 0.717) is 19.0 Å². The summed E-state index contributed by atoms with van der Waals surface area (Å²) in [5, 5.41) is 2.96. The average Bonchev–Trinajstić information content (AvgIpc) is 2.86. The molecule has 1 fully saturated rings. The molecule has 4 nitrogen and oxygen atoms in total. The van der Waals surface area contributed by atoms with Crippen LogP contribution in [0.1, 0.15) is 18.9 Å². The minimum atomic E-state index is 0.0918. The topological polar surface area (TPSA) is 58.4 Å². The van der Waals surface area contributed by atoms with E-state index < -0.39 is 0 Å². The molecule has 1 aromatic carbocycles. The predicted octanol–water partition coefficient (Wildman–Crippen LogP) is 0.972. The van der Waals surface area contributed by atoms with Crippen molar-refractivity contribution in [3.63, 3.8) is 0 Å². The van der Waals surface area contributed by atoms with Crippen molar-refractivity contribution in [2.24, 2.45) is 11.7 Å². The zero-order valence-corrected chi connectivity index (χ0v) is 11.5. The van der Waals surface area contributed by atoms with E-state index in [-0.39, 0.29) is 11.9 Å². The SMILES string of the molecule is CC(N)C1CCN(CC(=O)NCc2ccccc2)C1. The highest BCUT2D eigenvalue weighted by molar-refractivity contribution is 5.78. The van der Waals surface area contributed by atoms with Gasteiger partial charge in [-0.2, -0.15) is 0 Å². The summed E-state index contributed by atoms with van der Waals surface area (Å²) in [7, 11) is 0. The average molecular weight is 261 g/mol. The van der Waals surface area contributed by atoms with Gasteiger partial charge in [-0.15, -0.1) is 0 Å². The Morgan fingerprint density at radius 1 is 1.47 bits per heavy atom. The highest BCUT2D eigenvalue weighted by Crippen LogP contribution is 2.17. The summed E-state index contributed by atoms with van der Waals surface area (Å²) < 4.78 is 0. The Labute approximate surface area is 115 Å². The Hall–Kier alpha value is -1.39. The van der Waals surface area contributed by atoms with Crippen molar-refractivity contribution in [1.29, 1.82) is 0 Å². The molecule has 0 spiro atoms. The van der Waals surface area contributed by atoms with Crippen molar-refractivity contribution in [2.45, 2.75) is 25.9 Å². The van der Waals surface area contributed by atoms with Crippen LogP contribution in [-0.4, -0.2) is 36.5 Å². The van der Waals surface area contributed by atoms with Crippen LogP contribution in [0, 0.1) is 5.92 Å². The molecule has 2 atom stereocenters. The van der Waals surface area contributed by atoms with Crippen molar-refractivity contribution in [3.05, 3.63) is 35.9 Å². The summed E-state index contributed by atoms with van der Waals surface area (Å²) in [4.78, 5) is 14.1. The first-order valence-corrected chi connectivity index (χ1v) is 6.93. The molecule has 0 bridgehead atoms. The van der Waals surface area contributed by atoms with Crippen LogP contribution in [0.3, 0.4) is 0 Å². The van der Waals surface area contributed by atoms with E-state index in [1.807, 2.05) is 37.3 Å². The lowest BCUT2D eigenvalue weighted by Gasteiger charge is -2.17. The molecule has 0 aliphatic carbocycles. The number of benzene rings is 1. The van der Waals surface area contributed by atoms with E-state index in [9.17, 15) is 4.79 Å². The number of carbonyl (C=O) groups is 1. The zero-order valence-electron chi connectivity index (χ0n) is 11.5. The van der Waals surface area contributed by atoms with Gasteiger partial charge in [0.05, 0.1) is 6.54 Å². The van der Waals surface area contributed by atoms with E-state index in [1.165, 1.54) is 0 Å².